The molecule has 1 atom stereocenters. The van der Waals surface area contributed by atoms with Crippen LogP contribution in [0.25, 0.3) is 0 Å². The molecular weight excluding hydrogens is 278 g/mol. The van der Waals surface area contributed by atoms with Crippen LogP contribution in [-0.4, -0.2) is 41.8 Å². The minimum atomic E-state index is -0.714. The lowest BCUT2D eigenvalue weighted by atomic mass is 10.2. The fourth-order valence-electron chi connectivity index (χ4n) is 1.21. The number of hydrogen-bond acceptors (Lipinski definition) is 5. The lowest BCUT2D eigenvalue weighted by molar-refractivity contribution is -0.145. The minimum absolute atomic E-state index is 0.274. The fraction of sp³-hybridized carbons (Fsp3) is 0.714. The van der Waals surface area contributed by atoms with Crippen LogP contribution in [0.3, 0.4) is 0 Å². The molecule has 0 heterocycles. The molecule has 0 aliphatic rings. The Balaban J connectivity index is 4.48. The van der Waals surface area contributed by atoms with E-state index in [0.717, 1.165) is 11.3 Å². The number of alkyl carbamates (subject to hydrolysis) is 1. The van der Waals surface area contributed by atoms with Crippen molar-refractivity contribution in [3.8, 4) is 0 Å². The van der Waals surface area contributed by atoms with Crippen LogP contribution in [0, 0.1) is 0 Å². The van der Waals surface area contributed by atoms with Gasteiger partial charge in [0.05, 0.1) is 6.61 Å². The lowest BCUT2D eigenvalue weighted by Gasteiger charge is -2.22. The van der Waals surface area contributed by atoms with Gasteiger partial charge in [0.2, 0.25) is 0 Å². The maximum Gasteiger partial charge on any atom is 0.408 e. The first kappa shape index (κ1) is 18.8. The summed E-state index contributed by atoms with van der Waals surface area (Å²) < 4.78 is 10.1. The van der Waals surface area contributed by atoms with E-state index in [9.17, 15) is 9.59 Å². The molecule has 5 nitrogen and oxygen atoms in total. The maximum absolute atomic E-state index is 11.8. The SMILES string of the molecule is C=C(C)CSCC(NC(=O)OC(C)(C)C)C(=O)OCC. The van der Waals surface area contributed by atoms with Gasteiger partial charge in [0, 0.05) is 11.5 Å². The Morgan fingerprint density at radius 2 is 1.95 bits per heavy atom. The number of amides is 1. The third-order valence-corrected chi connectivity index (χ3v) is 3.16. The third-order valence-electron chi connectivity index (χ3n) is 1.90. The van der Waals surface area contributed by atoms with Crippen LogP contribution < -0.4 is 5.32 Å². The summed E-state index contributed by atoms with van der Waals surface area (Å²) >= 11 is 1.51. The lowest BCUT2D eigenvalue weighted by Crippen LogP contribution is -2.45. The van der Waals surface area contributed by atoms with Gasteiger partial charge in [-0.05, 0) is 34.6 Å². The Kier molecular flexibility index (Phi) is 8.37. The van der Waals surface area contributed by atoms with Crippen molar-refractivity contribution in [2.75, 3.05) is 18.1 Å². The molecular formula is C14H25NO4S. The Morgan fingerprint density at radius 1 is 1.35 bits per heavy atom. The average molecular weight is 303 g/mol. The van der Waals surface area contributed by atoms with E-state index in [1.165, 1.54) is 11.8 Å². The molecule has 0 aromatic rings. The van der Waals surface area contributed by atoms with E-state index in [2.05, 4.69) is 11.9 Å². The Hall–Kier alpha value is -1.17. The highest BCUT2D eigenvalue weighted by Crippen LogP contribution is 2.11. The topological polar surface area (TPSA) is 64.6 Å². The summed E-state index contributed by atoms with van der Waals surface area (Å²) in [4.78, 5) is 23.5. The summed E-state index contributed by atoms with van der Waals surface area (Å²) in [7, 11) is 0. The van der Waals surface area contributed by atoms with Crippen molar-refractivity contribution in [2.45, 2.75) is 46.3 Å². The molecule has 0 spiro atoms. The largest absolute Gasteiger partial charge is 0.464 e. The number of carbonyl (C=O) groups is 2. The van der Waals surface area contributed by atoms with Gasteiger partial charge in [-0.25, -0.2) is 9.59 Å². The predicted octanol–water partition coefficient (Wildman–Crippen LogP) is 2.75. The van der Waals surface area contributed by atoms with E-state index in [-0.39, 0.29) is 6.61 Å². The number of nitrogens with one attached hydrogen (secondary N) is 1. The van der Waals surface area contributed by atoms with Crippen LogP contribution in [0.2, 0.25) is 0 Å². The van der Waals surface area contributed by atoms with Crippen LogP contribution in [0.1, 0.15) is 34.6 Å². The smallest absolute Gasteiger partial charge is 0.408 e. The van der Waals surface area contributed by atoms with Crippen LogP contribution in [-0.2, 0) is 14.3 Å². The third kappa shape index (κ3) is 9.72. The monoisotopic (exact) mass is 303 g/mol. The van der Waals surface area contributed by atoms with E-state index in [1.807, 2.05) is 6.92 Å². The summed E-state index contributed by atoms with van der Waals surface area (Å²) in [6, 6.07) is -0.714. The molecule has 0 aliphatic carbocycles. The number of ether oxygens (including phenoxy) is 2. The molecule has 116 valence electrons. The molecule has 0 saturated heterocycles. The van der Waals surface area contributed by atoms with Gasteiger partial charge in [-0.15, -0.1) is 0 Å². The van der Waals surface area contributed by atoms with E-state index in [1.54, 1.807) is 27.7 Å². The van der Waals surface area contributed by atoms with E-state index < -0.39 is 23.7 Å². The Labute approximate surface area is 125 Å². The first-order valence-electron chi connectivity index (χ1n) is 6.54. The second-order valence-electron chi connectivity index (χ2n) is 5.42. The normalized spacial score (nSPS) is 12.4. The van der Waals surface area contributed by atoms with Gasteiger partial charge in [0.1, 0.15) is 11.6 Å². The molecule has 1 N–H and O–H groups in total. The van der Waals surface area contributed by atoms with E-state index in [4.69, 9.17) is 9.47 Å². The highest BCUT2D eigenvalue weighted by molar-refractivity contribution is 7.99. The molecule has 0 fully saturated rings. The average Bonchev–Trinajstić information content (AvgIpc) is 2.24. The highest BCUT2D eigenvalue weighted by atomic mass is 32.2. The number of thioether (sulfide) groups is 1. The predicted molar refractivity (Wildman–Crippen MR) is 81.9 cm³/mol. The van der Waals surface area contributed by atoms with E-state index in [0.29, 0.717) is 5.75 Å². The van der Waals surface area contributed by atoms with Crippen LogP contribution in [0.5, 0.6) is 0 Å². The summed E-state index contributed by atoms with van der Waals surface area (Å²) in [5, 5.41) is 2.55. The van der Waals surface area contributed by atoms with Crippen molar-refractivity contribution in [1.82, 2.24) is 5.32 Å². The number of carbonyl (C=O) groups excluding carboxylic acids is 2. The second-order valence-corrected chi connectivity index (χ2v) is 6.45. The highest BCUT2D eigenvalue weighted by Gasteiger charge is 2.25. The molecule has 0 radical (unpaired) electrons. The standard InChI is InChI=1S/C14H25NO4S/c1-7-18-12(16)11(9-20-8-10(2)3)15-13(17)19-14(4,5)6/h11H,2,7-9H2,1,3-6H3,(H,15,17). The van der Waals surface area contributed by atoms with Crippen LogP contribution in [0.4, 0.5) is 4.79 Å². The maximum atomic E-state index is 11.8. The molecule has 6 heteroatoms. The summed E-state index contributed by atoms with van der Waals surface area (Å²) in [5.41, 5.74) is 0.406. The molecule has 1 unspecified atom stereocenters. The molecule has 0 aromatic heterocycles. The zero-order valence-electron chi connectivity index (χ0n) is 12.9. The van der Waals surface area contributed by atoms with Crippen molar-refractivity contribution >= 4 is 23.8 Å². The zero-order valence-corrected chi connectivity index (χ0v) is 13.8. The quantitative estimate of drug-likeness (QED) is 0.579. The summed E-state index contributed by atoms with van der Waals surface area (Å²) in [5.74, 6) is 0.698. The molecule has 0 bridgehead atoms. The zero-order chi connectivity index (χ0) is 15.8. The Morgan fingerprint density at radius 3 is 2.40 bits per heavy atom. The van der Waals surface area contributed by atoms with Crippen molar-refractivity contribution in [3.63, 3.8) is 0 Å². The van der Waals surface area contributed by atoms with Crippen molar-refractivity contribution < 1.29 is 19.1 Å². The molecule has 20 heavy (non-hydrogen) atoms. The molecule has 0 saturated carbocycles. The van der Waals surface area contributed by atoms with Gasteiger partial charge >= 0.3 is 12.1 Å². The van der Waals surface area contributed by atoms with Gasteiger partial charge in [0.15, 0.2) is 0 Å². The van der Waals surface area contributed by atoms with Gasteiger partial charge in [-0.3, -0.25) is 0 Å². The molecule has 0 aliphatic heterocycles. The first-order valence-corrected chi connectivity index (χ1v) is 7.69. The minimum Gasteiger partial charge on any atom is -0.464 e. The Bertz CT molecular complexity index is 350. The number of rotatable bonds is 7. The first-order chi connectivity index (χ1) is 9.15. The van der Waals surface area contributed by atoms with Gasteiger partial charge < -0.3 is 14.8 Å². The molecule has 0 rings (SSSR count). The summed E-state index contributed by atoms with van der Waals surface area (Å²) in [6.07, 6.45) is -0.619. The van der Waals surface area contributed by atoms with Crippen LogP contribution >= 0.6 is 11.8 Å². The van der Waals surface area contributed by atoms with Crippen molar-refractivity contribution in [1.29, 1.82) is 0 Å². The summed E-state index contributed by atoms with van der Waals surface area (Å²) in [6.45, 7) is 13.0. The van der Waals surface area contributed by atoms with Crippen molar-refractivity contribution in [3.05, 3.63) is 12.2 Å². The molecule has 0 aromatic carbocycles. The van der Waals surface area contributed by atoms with Crippen molar-refractivity contribution in [2.24, 2.45) is 0 Å². The van der Waals surface area contributed by atoms with Gasteiger partial charge in [-0.2, -0.15) is 11.8 Å². The molecule has 1 amide bonds. The van der Waals surface area contributed by atoms with Gasteiger partial charge in [0.25, 0.3) is 0 Å². The second kappa shape index (κ2) is 8.89. The van der Waals surface area contributed by atoms with Gasteiger partial charge in [-0.1, -0.05) is 12.2 Å². The fourth-order valence-corrected chi connectivity index (χ4v) is 2.13. The van der Waals surface area contributed by atoms with E-state index >= 15 is 0 Å². The number of hydrogen-bond donors (Lipinski definition) is 1. The van der Waals surface area contributed by atoms with Crippen LogP contribution in [0.15, 0.2) is 12.2 Å². The number of esters is 1.